The van der Waals surface area contributed by atoms with Gasteiger partial charge in [0.1, 0.15) is 0 Å². The van der Waals surface area contributed by atoms with Crippen molar-refractivity contribution in [2.24, 2.45) is 0 Å². The van der Waals surface area contributed by atoms with E-state index >= 15 is 0 Å². The molecule has 0 heterocycles. The van der Waals surface area contributed by atoms with Crippen LogP contribution in [0.25, 0.3) is 0 Å². The molecule has 4 nitrogen and oxygen atoms in total. The maximum atomic E-state index is 8.60. The predicted molar refractivity (Wildman–Crippen MR) is 61.3 cm³/mol. The van der Waals surface area contributed by atoms with Crippen molar-refractivity contribution in [3.63, 3.8) is 0 Å². The first kappa shape index (κ1) is 15.1. The van der Waals surface area contributed by atoms with Crippen LogP contribution in [-0.2, 0) is 14.5 Å². The summed E-state index contributed by atoms with van der Waals surface area (Å²) in [4.78, 5) is 10.5. The third-order valence-electron chi connectivity index (χ3n) is 1.94. The second kappa shape index (κ2) is 6.00. The summed E-state index contributed by atoms with van der Waals surface area (Å²) in [5.41, 5.74) is 0.106. The molecule has 0 saturated carbocycles. The molecule has 16 heavy (non-hydrogen) atoms. The second-order valence-corrected chi connectivity index (χ2v) is 4.83. The Hall–Kier alpha value is -0.890. The molecule has 0 amide bonds. The van der Waals surface area contributed by atoms with Gasteiger partial charge in [-0.2, -0.15) is 5.26 Å². The van der Waals surface area contributed by atoms with E-state index in [1.54, 1.807) is 14.0 Å². The van der Waals surface area contributed by atoms with Crippen LogP contribution >= 0.6 is 0 Å². The summed E-state index contributed by atoms with van der Waals surface area (Å²) in [6.07, 6.45) is 1.04. The number of allylic oxidation sites excluding steroid dienone is 1. The van der Waals surface area contributed by atoms with Gasteiger partial charge in [0.25, 0.3) is 0 Å². The summed E-state index contributed by atoms with van der Waals surface area (Å²) in [6, 6.07) is 1.99. The number of ether oxygens (including phenoxy) is 1. The van der Waals surface area contributed by atoms with Gasteiger partial charge in [-0.15, -0.1) is 0 Å². The van der Waals surface area contributed by atoms with E-state index in [4.69, 9.17) is 19.8 Å². The van der Waals surface area contributed by atoms with Gasteiger partial charge >= 0.3 is 0 Å². The summed E-state index contributed by atoms with van der Waals surface area (Å²) in [7, 11) is 1.54. The van der Waals surface area contributed by atoms with Crippen LogP contribution in [0.4, 0.5) is 0 Å². The van der Waals surface area contributed by atoms with Crippen LogP contribution < -0.4 is 0 Å². The van der Waals surface area contributed by atoms with Crippen LogP contribution in [0.1, 0.15) is 40.5 Å². The van der Waals surface area contributed by atoms with Crippen LogP contribution in [0.3, 0.4) is 0 Å². The summed E-state index contributed by atoms with van der Waals surface area (Å²) < 4.78 is 5.23. The molecule has 0 aromatic rings. The lowest BCUT2D eigenvalue weighted by Gasteiger charge is -2.30. The largest absolute Gasteiger partial charge is 0.351 e. The second-order valence-electron chi connectivity index (χ2n) is 4.83. The van der Waals surface area contributed by atoms with Gasteiger partial charge in [-0.1, -0.05) is 6.58 Å². The highest BCUT2D eigenvalue weighted by Crippen LogP contribution is 2.23. The predicted octanol–water partition coefficient (Wildman–Crippen LogP) is 2.96. The zero-order chi connectivity index (χ0) is 12.8. The number of rotatable bonds is 6. The first-order valence-corrected chi connectivity index (χ1v) is 5.22. The van der Waals surface area contributed by atoms with Crippen LogP contribution in [0.5, 0.6) is 0 Å². The Bertz CT molecular complexity index is 275. The van der Waals surface area contributed by atoms with Crippen molar-refractivity contribution < 1.29 is 14.5 Å². The van der Waals surface area contributed by atoms with Gasteiger partial charge < -0.3 is 4.74 Å². The third-order valence-corrected chi connectivity index (χ3v) is 1.94. The van der Waals surface area contributed by atoms with E-state index in [-0.39, 0.29) is 0 Å². The van der Waals surface area contributed by atoms with E-state index < -0.39 is 11.4 Å². The molecule has 0 aromatic heterocycles. The van der Waals surface area contributed by atoms with Crippen molar-refractivity contribution in [3.05, 3.63) is 12.2 Å². The van der Waals surface area contributed by atoms with E-state index in [0.717, 1.165) is 0 Å². The van der Waals surface area contributed by atoms with E-state index in [9.17, 15) is 0 Å². The molecular weight excluding hydrogens is 206 g/mol. The molecule has 92 valence electrons. The fraction of sp³-hybridized carbons (Fsp3) is 0.750. The molecule has 0 rings (SSSR count). The average molecular weight is 227 g/mol. The highest BCUT2D eigenvalue weighted by Gasteiger charge is 2.28. The molecule has 0 saturated heterocycles. The molecule has 0 aliphatic heterocycles. The smallest absolute Gasteiger partial charge is 0.198 e. The zero-order valence-electron chi connectivity index (χ0n) is 10.8. The van der Waals surface area contributed by atoms with Gasteiger partial charge in [0, 0.05) is 19.1 Å². The Labute approximate surface area is 97.7 Å². The molecular formula is C12H21NO3. The monoisotopic (exact) mass is 227 g/mol. The molecule has 1 unspecified atom stereocenters. The lowest BCUT2D eigenvalue weighted by molar-refractivity contribution is -0.452. The molecule has 0 radical (unpaired) electrons. The minimum Gasteiger partial charge on any atom is -0.351 e. The Morgan fingerprint density at radius 1 is 1.25 bits per heavy atom. The minimum atomic E-state index is -0.854. The summed E-state index contributed by atoms with van der Waals surface area (Å²) >= 11 is 0. The Morgan fingerprint density at radius 2 is 1.81 bits per heavy atom. The number of hydrogen-bond acceptors (Lipinski definition) is 4. The van der Waals surface area contributed by atoms with Crippen LogP contribution in [-0.4, -0.2) is 18.5 Å². The fourth-order valence-electron chi connectivity index (χ4n) is 0.825. The topological polar surface area (TPSA) is 51.5 Å². The number of nitrogens with zero attached hydrogens (tertiary/aromatic N) is 1. The van der Waals surface area contributed by atoms with E-state index in [2.05, 4.69) is 6.58 Å². The summed E-state index contributed by atoms with van der Waals surface area (Å²) in [5.74, 6) is -0.854. The molecule has 4 heteroatoms. The first-order chi connectivity index (χ1) is 7.22. The maximum Gasteiger partial charge on any atom is 0.198 e. The van der Waals surface area contributed by atoms with Gasteiger partial charge in [0.2, 0.25) is 0 Å². The lowest BCUT2D eigenvalue weighted by Crippen LogP contribution is -2.35. The number of nitriles is 1. The molecule has 0 bridgehead atoms. The van der Waals surface area contributed by atoms with Crippen LogP contribution in [0, 0.1) is 11.3 Å². The average Bonchev–Trinajstić information content (AvgIpc) is 2.22. The SMILES string of the molecule is C=C(C#N)CCC(C)(OC)OOC(C)(C)C. The van der Waals surface area contributed by atoms with Crippen molar-refractivity contribution in [1.29, 1.82) is 5.26 Å². The van der Waals surface area contributed by atoms with Crippen molar-refractivity contribution in [3.8, 4) is 6.07 Å². The standard InChI is InChI=1S/C12H21NO3/c1-10(9-13)7-8-12(5,14-6)16-15-11(2,3)4/h1,7-8H2,2-6H3. The molecule has 0 N–H and O–H groups in total. The highest BCUT2D eigenvalue weighted by molar-refractivity contribution is 5.15. The van der Waals surface area contributed by atoms with Gasteiger partial charge in [-0.3, -0.25) is 0 Å². The molecule has 0 aliphatic rings. The Kier molecular flexibility index (Phi) is 5.66. The quantitative estimate of drug-likeness (QED) is 0.303. The number of hydrogen-bond donors (Lipinski definition) is 0. The normalized spacial score (nSPS) is 15.2. The van der Waals surface area contributed by atoms with Gasteiger partial charge in [-0.05, 0) is 34.1 Å². The zero-order valence-corrected chi connectivity index (χ0v) is 10.8. The molecule has 1 atom stereocenters. The lowest BCUT2D eigenvalue weighted by atomic mass is 10.1. The third kappa shape index (κ3) is 6.57. The van der Waals surface area contributed by atoms with Gasteiger partial charge in [0.15, 0.2) is 5.79 Å². The van der Waals surface area contributed by atoms with Crippen molar-refractivity contribution in [2.45, 2.75) is 51.9 Å². The van der Waals surface area contributed by atoms with E-state index in [0.29, 0.717) is 18.4 Å². The van der Waals surface area contributed by atoms with Crippen molar-refractivity contribution in [1.82, 2.24) is 0 Å². The Balaban J connectivity index is 4.22. The van der Waals surface area contributed by atoms with E-state index in [1.165, 1.54) is 0 Å². The molecule has 0 aromatic carbocycles. The van der Waals surface area contributed by atoms with Crippen molar-refractivity contribution in [2.75, 3.05) is 7.11 Å². The number of methoxy groups -OCH3 is 1. The first-order valence-electron chi connectivity index (χ1n) is 5.22. The minimum absolute atomic E-state index is 0.397. The molecule has 0 spiro atoms. The van der Waals surface area contributed by atoms with Gasteiger partial charge in [-0.25, -0.2) is 9.78 Å². The summed E-state index contributed by atoms with van der Waals surface area (Å²) in [5, 5.41) is 8.60. The molecule has 0 aliphatic carbocycles. The highest BCUT2D eigenvalue weighted by atomic mass is 17.2. The van der Waals surface area contributed by atoms with E-state index in [1.807, 2.05) is 26.8 Å². The van der Waals surface area contributed by atoms with Crippen LogP contribution in [0.2, 0.25) is 0 Å². The Morgan fingerprint density at radius 3 is 2.19 bits per heavy atom. The maximum absolute atomic E-state index is 8.60. The summed E-state index contributed by atoms with van der Waals surface area (Å²) in [6.45, 7) is 11.0. The van der Waals surface area contributed by atoms with Gasteiger partial charge in [0.05, 0.1) is 11.7 Å². The van der Waals surface area contributed by atoms with Crippen molar-refractivity contribution >= 4 is 0 Å². The molecule has 0 fully saturated rings. The van der Waals surface area contributed by atoms with Crippen LogP contribution in [0.15, 0.2) is 12.2 Å². The fourth-order valence-corrected chi connectivity index (χ4v) is 0.825.